The Kier molecular flexibility index (Phi) is 4.94. The van der Waals surface area contributed by atoms with Gasteiger partial charge < -0.3 is 10.1 Å². The molecule has 1 fully saturated rings. The summed E-state index contributed by atoms with van der Waals surface area (Å²) in [4.78, 5) is 32.4. The van der Waals surface area contributed by atoms with Gasteiger partial charge in [0.2, 0.25) is 11.9 Å². The summed E-state index contributed by atoms with van der Waals surface area (Å²) in [7, 11) is 0. The highest BCUT2D eigenvalue weighted by Crippen LogP contribution is 2.37. The van der Waals surface area contributed by atoms with Crippen LogP contribution in [0.2, 0.25) is 0 Å². The zero-order valence-electron chi connectivity index (χ0n) is 17.2. The summed E-state index contributed by atoms with van der Waals surface area (Å²) >= 11 is 0. The number of amides is 2. The summed E-state index contributed by atoms with van der Waals surface area (Å²) in [6, 6.07) is 11.4. The maximum Gasteiger partial charge on any atom is 0.253 e. The summed E-state index contributed by atoms with van der Waals surface area (Å²) in [5, 5.41) is 2.60. The fourth-order valence-electron chi connectivity index (χ4n) is 4.36. The van der Waals surface area contributed by atoms with Gasteiger partial charge in [0.15, 0.2) is 0 Å². The number of benzene rings is 2. The third kappa shape index (κ3) is 3.57. The van der Waals surface area contributed by atoms with Crippen LogP contribution >= 0.6 is 0 Å². The molecule has 31 heavy (non-hydrogen) atoms. The van der Waals surface area contributed by atoms with Crippen molar-refractivity contribution in [3.63, 3.8) is 0 Å². The van der Waals surface area contributed by atoms with E-state index in [4.69, 9.17) is 4.74 Å². The minimum absolute atomic E-state index is 0.0357. The normalized spacial score (nSPS) is 20.5. The van der Waals surface area contributed by atoms with E-state index in [0.717, 1.165) is 29.4 Å². The number of imidazole rings is 1. The number of nitrogens with one attached hydrogen (secondary N) is 1. The van der Waals surface area contributed by atoms with Crippen LogP contribution in [0.15, 0.2) is 42.5 Å². The van der Waals surface area contributed by atoms with Gasteiger partial charge in [-0.3, -0.25) is 19.1 Å². The van der Waals surface area contributed by atoms with Crippen LogP contribution in [0.25, 0.3) is 11.0 Å². The van der Waals surface area contributed by atoms with Crippen LogP contribution in [0, 0.1) is 12.7 Å². The van der Waals surface area contributed by atoms with Crippen LogP contribution < -0.4 is 10.2 Å². The smallest absolute Gasteiger partial charge is 0.253 e. The summed E-state index contributed by atoms with van der Waals surface area (Å²) in [6.07, 6.45) is 1.71. The average Bonchev–Trinajstić information content (AvgIpc) is 3.44. The Hall–Kier alpha value is -3.26. The summed E-state index contributed by atoms with van der Waals surface area (Å²) in [5.74, 6) is -0.590. The van der Waals surface area contributed by atoms with E-state index >= 15 is 0 Å². The molecule has 1 N–H and O–H groups in total. The van der Waals surface area contributed by atoms with Crippen molar-refractivity contribution in [3.05, 3.63) is 53.8 Å². The molecule has 1 saturated heterocycles. The molecule has 1 aromatic heterocycles. The molecular weight excluding hydrogens is 399 g/mol. The fraction of sp³-hybridized carbons (Fsp3) is 0.348. The van der Waals surface area contributed by atoms with E-state index < -0.39 is 17.8 Å². The number of carbonyl (C=O) groups is 2. The SMILES string of the molecule is Cc1ccc(NC(=O)C[C@@H]2C(=O)N(C[C@@H]3CCCO3)c3nc4ccccc4n32)c(F)c1. The molecule has 3 heterocycles. The summed E-state index contributed by atoms with van der Waals surface area (Å²) in [5.41, 5.74) is 2.42. The zero-order chi connectivity index (χ0) is 21.5. The predicted octanol–water partition coefficient (Wildman–Crippen LogP) is 3.58. The molecule has 0 unspecified atom stereocenters. The van der Waals surface area contributed by atoms with Gasteiger partial charge in [0, 0.05) is 6.61 Å². The molecule has 0 bridgehead atoms. The Balaban J connectivity index is 1.44. The number of ether oxygens (including phenoxy) is 1. The largest absolute Gasteiger partial charge is 0.376 e. The van der Waals surface area contributed by atoms with Gasteiger partial charge in [-0.2, -0.15) is 0 Å². The molecule has 3 aromatic rings. The van der Waals surface area contributed by atoms with E-state index in [1.807, 2.05) is 28.8 Å². The summed E-state index contributed by atoms with van der Waals surface area (Å²) < 4.78 is 21.7. The van der Waals surface area contributed by atoms with Crippen LogP contribution in [-0.4, -0.2) is 40.6 Å². The van der Waals surface area contributed by atoms with Crippen molar-refractivity contribution < 1.29 is 18.7 Å². The van der Waals surface area contributed by atoms with E-state index in [9.17, 15) is 14.0 Å². The van der Waals surface area contributed by atoms with Gasteiger partial charge in [-0.25, -0.2) is 9.37 Å². The molecular formula is C23H23FN4O3. The molecule has 160 valence electrons. The van der Waals surface area contributed by atoms with Gasteiger partial charge in [0.05, 0.1) is 35.8 Å². The van der Waals surface area contributed by atoms with E-state index in [1.54, 1.807) is 17.9 Å². The number of nitrogens with zero attached hydrogens (tertiary/aromatic N) is 3. The van der Waals surface area contributed by atoms with Crippen LogP contribution in [-0.2, 0) is 14.3 Å². The molecule has 2 amide bonds. The zero-order valence-corrected chi connectivity index (χ0v) is 17.2. The number of fused-ring (bicyclic) bond motifs is 3. The number of hydrogen-bond donors (Lipinski definition) is 1. The molecule has 7 nitrogen and oxygen atoms in total. The third-order valence-corrected chi connectivity index (χ3v) is 5.87. The first kappa shape index (κ1) is 19.7. The first-order valence-corrected chi connectivity index (χ1v) is 10.5. The maximum absolute atomic E-state index is 14.2. The minimum Gasteiger partial charge on any atom is -0.376 e. The number of rotatable bonds is 5. The van der Waals surface area contributed by atoms with E-state index in [-0.39, 0.29) is 24.1 Å². The fourth-order valence-corrected chi connectivity index (χ4v) is 4.36. The van der Waals surface area contributed by atoms with Crippen LogP contribution in [0.4, 0.5) is 16.0 Å². The van der Waals surface area contributed by atoms with Crippen molar-refractivity contribution in [3.8, 4) is 0 Å². The van der Waals surface area contributed by atoms with Gasteiger partial charge >= 0.3 is 0 Å². The van der Waals surface area contributed by atoms with Crippen LogP contribution in [0.1, 0.15) is 30.9 Å². The van der Waals surface area contributed by atoms with Gasteiger partial charge in [0.1, 0.15) is 11.9 Å². The van der Waals surface area contributed by atoms with Gasteiger partial charge in [0.25, 0.3) is 5.91 Å². The highest BCUT2D eigenvalue weighted by atomic mass is 19.1. The van der Waals surface area contributed by atoms with Crippen molar-refractivity contribution in [1.82, 2.24) is 9.55 Å². The Morgan fingerprint density at radius 3 is 2.90 bits per heavy atom. The molecule has 2 atom stereocenters. The minimum atomic E-state index is -0.739. The second-order valence-corrected chi connectivity index (χ2v) is 8.11. The van der Waals surface area contributed by atoms with Crippen molar-refractivity contribution in [2.45, 2.75) is 38.3 Å². The molecule has 0 radical (unpaired) electrons. The quantitative estimate of drug-likeness (QED) is 0.682. The third-order valence-electron chi connectivity index (χ3n) is 5.87. The molecule has 8 heteroatoms. The summed E-state index contributed by atoms with van der Waals surface area (Å²) in [6.45, 7) is 2.88. The van der Waals surface area contributed by atoms with Gasteiger partial charge in [-0.05, 0) is 49.6 Å². The Bertz CT molecular complexity index is 1170. The van der Waals surface area contributed by atoms with Crippen molar-refractivity contribution in [2.75, 3.05) is 23.4 Å². The lowest BCUT2D eigenvalue weighted by Crippen LogP contribution is -2.37. The number of halogens is 1. The first-order valence-electron chi connectivity index (χ1n) is 10.5. The van der Waals surface area contributed by atoms with E-state index in [0.29, 0.717) is 19.1 Å². The molecule has 2 aliphatic rings. The number of anilines is 2. The predicted molar refractivity (Wildman–Crippen MR) is 114 cm³/mol. The van der Waals surface area contributed by atoms with Crippen molar-refractivity contribution >= 4 is 34.5 Å². The Labute approximate surface area is 178 Å². The van der Waals surface area contributed by atoms with Gasteiger partial charge in [-0.15, -0.1) is 0 Å². The first-order chi connectivity index (χ1) is 15.0. The molecule has 0 spiro atoms. The highest BCUT2D eigenvalue weighted by Gasteiger charge is 2.42. The molecule has 2 aliphatic heterocycles. The van der Waals surface area contributed by atoms with E-state index in [2.05, 4.69) is 10.3 Å². The number of para-hydroxylation sites is 2. The average molecular weight is 422 g/mol. The van der Waals surface area contributed by atoms with Gasteiger partial charge in [-0.1, -0.05) is 18.2 Å². The lowest BCUT2D eigenvalue weighted by Gasteiger charge is -2.19. The molecule has 0 saturated carbocycles. The number of hydrogen-bond acceptors (Lipinski definition) is 4. The Morgan fingerprint density at radius 2 is 2.13 bits per heavy atom. The second kappa shape index (κ2) is 7.77. The molecule has 0 aliphatic carbocycles. The van der Waals surface area contributed by atoms with Crippen LogP contribution in [0.3, 0.4) is 0 Å². The number of carbonyl (C=O) groups excluding carboxylic acids is 2. The number of aryl methyl sites for hydroxylation is 1. The monoisotopic (exact) mass is 422 g/mol. The number of aromatic nitrogens is 2. The molecule has 5 rings (SSSR count). The topological polar surface area (TPSA) is 76.5 Å². The Morgan fingerprint density at radius 1 is 1.29 bits per heavy atom. The standard InChI is InChI=1S/C23H23FN4O3/c1-14-8-9-17(16(24)11-14)25-21(29)12-20-22(30)27(13-15-5-4-10-31-15)23-26-18-6-2-3-7-19(18)28(20)23/h2-3,6-9,11,15,20H,4-5,10,12-13H2,1H3,(H,25,29)/t15-,20+/m0/s1. The highest BCUT2D eigenvalue weighted by molar-refractivity contribution is 6.05. The van der Waals surface area contributed by atoms with E-state index in [1.165, 1.54) is 12.1 Å². The molecule has 2 aromatic carbocycles. The van der Waals surface area contributed by atoms with Crippen LogP contribution in [0.5, 0.6) is 0 Å². The maximum atomic E-state index is 14.2. The second-order valence-electron chi connectivity index (χ2n) is 8.11. The van der Waals surface area contributed by atoms with Crippen molar-refractivity contribution in [1.29, 1.82) is 0 Å². The lowest BCUT2D eigenvalue weighted by atomic mass is 10.1. The lowest BCUT2D eigenvalue weighted by molar-refractivity contribution is -0.124. The van der Waals surface area contributed by atoms with Crippen molar-refractivity contribution in [2.24, 2.45) is 0 Å².